The lowest BCUT2D eigenvalue weighted by Gasteiger charge is -2.21. The van der Waals surface area contributed by atoms with Crippen LogP contribution < -0.4 is 15.0 Å². The number of carbonyl (C=O) groups is 2. The maximum absolute atomic E-state index is 15.2. The van der Waals surface area contributed by atoms with E-state index >= 15 is 4.39 Å². The third-order valence-corrected chi connectivity index (χ3v) is 7.51. The Morgan fingerprint density at radius 1 is 1.19 bits per heavy atom. The summed E-state index contributed by atoms with van der Waals surface area (Å²) in [5.74, 6) is -1.50. The maximum Gasteiger partial charge on any atom is 0.387 e. The average Bonchev–Trinajstić information content (AvgIpc) is 3.49. The Kier molecular flexibility index (Phi) is 11.8. The fourth-order valence-corrected chi connectivity index (χ4v) is 4.92. The van der Waals surface area contributed by atoms with Gasteiger partial charge in [0.25, 0.3) is 5.91 Å². The molecule has 3 heterocycles. The molecule has 0 fully saturated rings. The molecule has 1 amide bonds. The first-order valence-corrected chi connectivity index (χ1v) is 15.5. The van der Waals surface area contributed by atoms with Crippen molar-refractivity contribution < 1.29 is 32.2 Å². The Morgan fingerprint density at radius 3 is 2.60 bits per heavy atom. The molecule has 0 radical (unpaired) electrons. The highest BCUT2D eigenvalue weighted by atomic mass is 35.5. The molecule has 0 aliphatic rings. The molecule has 1 unspecified atom stereocenters. The number of hydrogen-bond donors (Lipinski definition) is 1. The number of nitrogens with one attached hydrogen (secondary N) is 1. The largest absolute Gasteiger partial charge is 0.434 e. The van der Waals surface area contributed by atoms with E-state index in [1.807, 2.05) is 52.6 Å². The van der Waals surface area contributed by atoms with Crippen molar-refractivity contribution in [1.82, 2.24) is 24.7 Å². The van der Waals surface area contributed by atoms with E-state index in [0.29, 0.717) is 18.7 Å². The highest BCUT2D eigenvalue weighted by Crippen LogP contribution is 2.36. The number of alkyl halides is 2. The minimum atomic E-state index is -3.25. The second-order valence-corrected chi connectivity index (χ2v) is 12.5. The zero-order valence-corrected chi connectivity index (χ0v) is 28.2. The van der Waals surface area contributed by atoms with Crippen LogP contribution in [0.15, 0.2) is 43.0 Å². The van der Waals surface area contributed by atoms with E-state index in [9.17, 15) is 18.4 Å². The van der Waals surface area contributed by atoms with Gasteiger partial charge in [0, 0.05) is 32.4 Å². The Balaban J connectivity index is 1.61. The fraction of sp³-hybridized carbons (Fsp3) is 0.394. The molecular weight excluding hydrogens is 651 g/mol. The molecular formula is C33H37ClF3N7O4. The lowest BCUT2D eigenvalue weighted by Crippen LogP contribution is -2.22. The predicted octanol–water partition coefficient (Wildman–Crippen LogP) is 7.03. The normalized spacial score (nSPS) is 12.2. The van der Waals surface area contributed by atoms with Gasteiger partial charge in [0.05, 0.1) is 58.3 Å². The van der Waals surface area contributed by atoms with Crippen LogP contribution in [0, 0.1) is 12.7 Å². The first-order chi connectivity index (χ1) is 22.7. The third-order valence-electron chi connectivity index (χ3n) is 7.22. The minimum Gasteiger partial charge on any atom is -0.434 e. The van der Waals surface area contributed by atoms with Crippen molar-refractivity contribution in [1.29, 1.82) is 0 Å². The Bertz CT molecular complexity index is 1760. The van der Waals surface area contributed by atoms with E-state index in [2.05, 4.69) is 30.1 Å². The monoisotopic (exact) mass is 687 g/mol. The number of benzene rings is 1. The molecule has 0 saturated heterocycles. The Morgan fingerprint density at radius 2 is 1.94 bits per heavy atom. The summed E-state index contributed by atoms with van der Waals surface area (Å²) in [4.78, 5) is 39.5. The van der Waals surface area contributed by atoms with Gasteiger partial charge in [-0.25, -0.2) is 14.4 Å². The van der Waals surface area contributed by atoms with Crippen LogP contribution in [0.2, 0.25) is 5.02 Å². The number of unbranched alkanes of at least 4 members (excludes halogenated alkanes) is 1. The Labute approximate surface area is 281 Å². The summed E-state index contributed by atoms with van der Waals surface area (Å²) in [5.41, 5.74) is 0.737. The van der Waals surface area contributed by atoms with E-state index < -0.39 is 35.2 Å². The lowest BCUT2D eigenvalue weighted by atomic mass is 10.1. The number of anilines is 2. The molecule has 1 atom stereocenters. The molecule has 1 N–H and O–H groups in total. The summed E-state index contributed by atoms with van der Waals surface area (Å²) in [6, 6.07) is 3.91. The maximum atomic E-state index is 15.2. The molecule has 0 aliphatic carbocycles. The van der Waals surface area contributed by atoms with E-state index in [-0.39, 0.29) is 34.8 Å². The molecule has 256 valence electrons. The van der Waals surface area contributed by atoms with E-state index in [4.69, 9.17) is 16.3 Å². The molecule has 0 bridgehead atoms. The van der Waals surface area contributed by atoms with Gasteiger partial charge in [-0.3, -0.25) is 14.5 Å². The van der Waals surface area contributed by atoms with E-state index in [0.717, 1.165) is 48.0 Å². The first-order valence-electron chi connectivity index (χ1n) is 15.1. The summed E-state index contributed by atoms with van der Waals surface area (Å²) < 4.78 is 53.4. The summed E-state index contributed by atoms with van der Waals surface area (Å²) in [6.45, 7) is 6.66. The highest BCUT2D eigenvalue weighted by molar-refractivity contribution is 6.31. The van der Waals surface area contributed by atoms with Crippen LogP contribution in [0.3, 0.4) is 0 Å². The number of aldehydes is 1. The van der Waals surface area contributed by atoms with Crippen molar-refractivity contribution in [2.45, 2.75) is 72.3 Å². The predicted molar refractivity (Wildman–Crippen MR) is 175 cm³/mol. The van der Waals surface area contributed by atoms with Gasteiger partial charge in [-0.2, -0.15) is 13.9 Å². The average molecular weight is 688 g/mol. The van der Waals surface area contributed by atoms with E-state index in [1.54, 1.807) is 17.1 Å². The summed E-state index contributed by atoms with van der Waals surface area (Å²) in [7, 11) is 1.92. The molecule has 4 aromatic rings. The quantitative estimate of drug-likeness (QED) is 0.110. The number of aryl methyl sites for hydroxylation is 1. The number of halogens is 4. The number of ether oxygens (including phenoxy) is 2. The molecule has 4 rings (SSSR count). The number of hydrogen-bond acceptors (Lipinski definition) is 9. The van der Waals surface area contributed by atoms with Crippen molar-refractivity contribution in [3.05, 3.63) is 76.3 Å². The number of rotatable bonds is 14. The van der Waals surface area contributed by atoms with Crippen molar-refractivity contribution in [3.63, 3.8) is 0 Å². The van der Waals surface area contributed by atoms with Crippen LogP contribution in [-0.4, -0.2) is 62.7 Å². The van der Waals surface area contributed by atoms with Gasteiger partial charge in [0.1, 0.15) is 17.9 Å². The van der Waals surface area contributed by atoms with Gasteiger partial charge in [0.15, 0.2) is 11.5 Å². The zero-order chi connectivity index (χ0) is 35.2. The summed E-state index contributed by atoms with van der Waals surface area (Å²) in [6.07, 6.45) is 8.09. The first kappa shape index (κ1) is 36.3. The molecule has 48 heavy (non-hydrogen) atoms. The minimum absolute atomic E-state index is 0.122. The van der Waals surface area contributed by atoms with Crippen LogP contribution >= 0.6 is 11.6 Å². The number of pyridine rings is 1. The molecule has 1 aromatic carbocycles. The van der Waals surface area contributed by atoms with Crippen molar-refractivity contribution in [2.75, 3.05) is 23.8 Å². The topological polar surface area (TPSA) is 124 Å². The lowest BCUT2D eigenvalue weighted by molar-refractivity contribution is -0.107. The van der Waals surface area contributed by atoms with Gasteiger partial charge in [-0.05, 0) is 70.4 Å². The molecule has 11 nitrogen and oxygen atoms in total. The van der Waals surface area contributed by atoms with Crippen LogP contribution in [0.1, 0.15) is 73.9 Å². The highest BCUT2D eigenvalue weighted by Gasteiger charge is 2.25. The standard InChI is InChI=1S/C33H37ClF3N7O4/c1-19-13-21(14-39-30(19)43(6)11-7-8-12-45)20(2)44-17-22(15-40-44)41-31(46)29-25(18-47-33(3,4)5)38-16-24(42-29)27-26(48-32(36)37)10-9-23(34)28(27)35/h9-10,12-17,20,32H,7-8,11,18H2,1-6H3,(H,41,46). The molecule has 15 heteroatoms. The number of carbonyl (C=O) groups excluding carboxylic acids is 2. The van der Waals surface area contributed by atoms with Crippen molar-refractivity contribution >= 4 is 35.3 Å². The van der Waals surface area contributed by atoms with Gasteiger partial charge in [0.2, 0.25) is 0 Å². The number of amides is 1. The van der Waals surface area contributed by atoms with Crippen molar-refractivity contribution in [2.24, 2.45) is 0 Å². The molecule has 3 aromatic heterocycles. The summed E-state index contributed by atoms with van der Waals surface area (Å²) in [5, 5.41) is 6.79. The third kappa shape index (κ3) is 9.07. The molecule has 0 saturated carbocycles. The van der Waals surface area contributed by atoms with Gasteiger partial charge in [-0.15, -0.1) is 0 Å². The Hall–Kier alpha value is -4.56. The molecule has 0 aliphatic heterocycles. The van der Waals surface area contributed by atoms with Gasteiger partial charge >= 0.3 is 6.61 Å². The van der Waals surface area contributed by atoms with Crippen LogP contribution in [0.5, 0.6) is 5.75 Å². The second-order valence-electron chi connectivity index (χ2n) is 12.0. The van der Waals surface area contributed by atoms with Crippen LogP contribution in [-0.2, 0) is 16.1 Å². The van der Waals surface area contributed by atoms with Gasteiger partial charge < -0.3 is 24.5 Å². The summed E-state index contributed by atoms with van der Waals surface area (Å²) >= 11 is 5.95. The smallest absolute Gasteiger partial charge is 0.387 e. The fourth-order valence-electron chi connectivity index (χ4n) is 4.77. The second kappa shape index (κ2) is 15.6. The van der Waals surface area contributed by atoms with Crippen molar-refractivity contribution in [3.8, 4) is 17.0 Å². The van der Waals surface area contributed by atoms with E-state index in [1.165, 1.54) is 6.20 Å². The van der Waals surface area contributed by atoms with Crippen LogP contribution in [0.4, 0.5) is 24.7 Å². The van der Waals surface area contributed by atoms with Gasteiger partial charge in [-0.1, -0.05) is 11.6 Å². The number of aromatic nitrogens is 5. The number of nitrogens with zero attached hydrogens (tertiary/aromatic N) is 6. The SMILES string of the molecule is Cc1cc(C(C)n2cc(NC(=O)c3nc(-c4c(OC(F)F)ccc(Cl)c4F)cnc3COC(C)(C)C)cn2)cnc1N(C)CCCC=O. The molecule has 0 spiro atoms. The van der Waals surface area contributed by atoms with Crippen LogP contribution in [0.25, 0.3) is 11.3 Å². The zero-order valence-electron chi connectivity index (χ0n) is 27.4.